The van der Waals surface area contributed by atoms with E-state index in [9.17, 15) is 4.79 Å². The van der Waals surface area contributed by atoms with E-state index in [0.717, 1.165) is 28.5 Å². The van der Waals surface area contributed by atoms with E-state index >= 15 is 0 Å². The Bertz CT molecular complexity index is 1240. The number of hydrogen-bond donors (Lipinski definition) is 1. The molecule has 1 N–H and O–H groups in total. The Balaban J connectivity index is 1.37. The number of H-pyrrole nitrogens is 1. The maximum Gasteiger partial charge on any atom is 0.360 e. The van der Waals surface area contributed by atoms with E-state index in [-0.39, 0.29) is 0 Å². The van der Waals surface area contributed by atoms with Crippen molar-refractivity contribution in [3.63, 3.8) is 0 Å². The molecule has 0 spiro atoms. The zero-order chi connectivity index (χ0) is 20.8. The fourth-order valence-corrected chi connectivity index (χ4v) is 3.52. The van der Waals surface area contributed by atoms with Gasteiger partial charge in [-0.2, -0.15) is 0 Å². The highest BCUT2D eigenvalue weighted by molar-refractivity contribution is 6.31. The quantitative estimate of drug-likeness (QED) is 0.315. The molecule has 148 valence electrons. The van der Waals surface area contributed by atoms with E-state index in [2.05, 4.69) is 32.3 Å². The highest BCUT2D eigenvalue weighted by Crippen LogP contribution is 2.22. The van der Waals surface area contributed by atoms with E-state index in [0.29, 0.717) is 23.6 Å². The Morgan fingerprint density at radius 3 is 2.67 bits per heavy atom. The van der Waals surface area contributed by atoms with Gasteiger partial charge in [-0.15, -0.1) is 0 Å². The Kier molecular flexibility index (Phi) is 6.14. The van der Waals surface area contributed by atoms with Gasteiger partial charge >= 0.3 is 5.91 Å². The van der Waals surface area contributed by atoms with Gasteiger partial charge in [0.15, 0.2) is 0 Å². The molecule has 0 atom stereocenters. The third-order valence-electron chi connectivity index (χ3n) is 4.83. The van der Waals surface area contributed by atoms with Crippen LogP contribution in [0, 0.1) is 0 Å². The van der Waals surface area contributed by atoms with Gasteiger partial charge in [0.2, 0.25) is 10.0 Å². The molecule has 0 unspecified atom stereocenters. The number of fused-ring (bicyclic) bond motifs is 1. The third-order valence-corrected chi connectivity index (χ3v) is 5.07. The van der Waals surface area contributed by atoms with E-state index < -0.39 is 5.91 Å². The van der Waals surface area contributed by atoms with Crippen LogP contribution in [0.15, 0.2) is 89.2 Å². The first-order valence-electron chi connectivity index (χ1n) is 9.69. The van der Waals surface area contributed by atoms with Crippen LogP contribution >= 0.6 is 11.6 Å². The number of amides is 1. The second kappa shape index (κ2) is 9.31. The number of aromatic amines is 1. The van der Waals surface area contributed by atoms with Crippen molar-refractivity contribution in [2.75, 3.05) is 6.54 Å². The van der Waals surface area contributed by atoms with Crippen LogP contribution in [0.1, 0.15) is 27.0 Å². The van der Waals surface area contributed by atoms with Gasteiger partial charge < -0.3 is 4.98 Å². The number of nitrogens with zero attached hydrogens (tertiary/aromatic N) is 3. The molecular weight excluding hydrogens is 396 g/mol. The summed E-state index contributed by atoms with van der Waals surface area (Å²) in [7, 11) is 0. The number of rotatable bonds is 6. The first kappa shape index (κ1) is 19.8. The van der Waals surface area contributed by atoms with E-state index in [1.807, 2.05) is 60.8 Å². The first-order valence-corrected chi connectivity index (χ1v) is 10.1. The lowest BCUT2D eigenvalue weighted by atomic mass is 10.0. The summed E-state index contributed by atoms with van der Waals surface area (Å²) in [6.45, 7) is 0.435. The van der Waals surface area contributed by atoms with E-state index in [4.69, 9.17) is 11.6 Å². The van der Waals surface area contributed by atoms with Gasteiger partial charge in [-0.1, -0.05) is 54.1 Å². The highest BCUT2D eigenvalue weighted by atomic mass is 35.5. The van der Waals surface area contributed by atoms with Crippen LogP contribution in [0.3, 0.4) is 0 Å². The fraction of sp³-hybridized carbons (Fsp3) is 0.125. The molecular formula is C24H20ClN4O+. The van der Waals surface area contributed by atoms with Gasteiger partial charge in [-0.05, 0) is 53.4 Å². The molecule has 0 aliphatic heterocycles. The second-order valence-corrected chi connectivity index (χ2v) is 7.41. The number of carbonyl (C=O) groups excluding carboxylic acids is 1. The zero-order valence-corrected chi connectivity index (χ0v) is 17.0. The molecule has 0 aliphatic carbocycles. The van der Waals surface area contributed by atoms with Gasteiger partial charge in [0.25, 0.3) is 0 Å². The number of hydrogen-bond acceptors (Lipinski definition) is 2. The van der Waals surface area contributed by atoms with Crippen LogP contribution in [-0.2, 0) is 12.8 Å². The smallest absolute Gasteiger partial charge is 0.360 e. The van der Waals surface area contributed by atoms with Crippen molar-refractivity contribution < 1.29 is 4.79 Å². The van der Waals surface area contributed by atoms with Crippen molar-refractivity contribution in [2.24, 2.45) is 10.2 Å². The summed E-state index contributed by atoms with van der Waals surface area (Å²) < 4.78 is 0. The fourth-order valence-electron chi connectivity index (χ4n) is 3.35. The minimum Gasteiger partial charge on any atom is -0.361 e. The molecule has 30 heavy (non-hydrogen) atoms. The summed E-state index contributed by atoms with van der Waals surface area (Å²) >= 11 is 6.07. The maximum atomic E-state index is 12.3. The number of benzene rings is 3. The summed E-state index contributed by atoms with van der Waals surface area (Å²) in [5.41, 5.74) is 4.89. The maximum absolute atomic E-state index is 12.3. The Morgan fingerprint density at radius 2 is 1.80 bits per heavy atom. The van der Waals surface area contributed by atoms with Crippen LogP contribution in [0.5, 0.6) is 0 Å². The van der Waals surface area contributed by atoms with Gasteiger partial charge in [-0.3, -0.25) is 4.79 Å². The molecule has 4 aromatic rings. The number of aromatic nitrogens is 1. The van der Waals surface area contributed by atoms with Crippen molar-refractivity contribution >= 4 is 28.4 Å². The third kappa shape index (κ3) is 4.90. The van der Waals surface area contributed by atoms with E-state index in [1.54, 1.807) is 6.07 Å². The molecule has 1 heterocycles. The Morgan fingerprint density at radius 1 is 0.967 bits per heavy atom. The average Bonchev–Trinajstić information content (AvgIpc) is 3.16. The molecule has 0 aliphatic rings. The molecule has 0 saturated carbocycles. The number of halogens is 1. The standard InChI is InChI=1S/C24H19ClN4O/c25-21-9-10-23-22(15-21)20(16-26-23)11-12-27-29-28-24(30)19-8-4-7-18(14-19)13-17-5-2-1-3-6-17/h1-10,14-16H,11-13H2/p+1. The monoisotopic (exact) mass is 415 g/mol. The lowest BCUT2D eigenvalue weighted by Gasteiger charge is -2.02. The van der Waals surface area contributed by atoms with Gasteiger partial charge in [0.1, 0.15) is 11.7 Å². The summed E-state index contributed by atoms with van der Waals surface area (Å²) in [5, 5.41) is 9.51. The summed E-state index contributed by atoms with van der Waals surface area (Å²) in [5.74, 6) is -0.396. The molecule has 0 radical (unpaired) electrons. The SMILES string of the molecule is O=C(N=[N+]=NCCc1c[nH]c2ccc(Cl)cc12)c1cccc(Cc2ccccc2)c1. The molecule has 3 aromatic carbocycles. The zero-order valence-electron chi connectivity index (χ0n) is 16.3. The lowest BCUT2D eigenvalue weighted by molar-refractivity contribution is 0.0992. The molecule has 0 bridgehead atoms. The molecule has 1 aromatic heterocycles. The molecule has 6 heteroatoms. The van der Waals surface area contributed by atoms with Crippen molar-refractivity contribution in [3.8, 4) is 0 Å². The van der Waals surface area contributed by atoms with Crippen molar-refractivity contribution in [1.82, 2.24) is 9.90 Å². The van der Waals surface area contributed by atoms with Crippen molar-refractivity contribution in [1.29, 1.82) is 0 Å². The predicted octanol–water partition coefficient (Wildman–Crippen LogP) is 5.77. The van der Waals surface area contributed by atoms with Crippen LogP contribution in [0.4, 0.5) is 0 Å². The molecule has 0 saturated heterocycles. The minimum absolute atomic E-state index is 0.396. The lowest BCUT2D eigenvalue weighted by Crippen LogP contribution is -1.97. The Hall–Kier alpha value is -3.53. The Labute approximate surface area is 179 Å². The van der Waals surface area contributed by atoms with Gasteiger partial charge in [-0.25, -0.2) is 0 Å². The van der Waals surface area contributed by atoms with Crippen molar-refractivity contribution in [2.45, 2.75) is 12.8 Å². The van der Waals surface area contributed by atoms with Crippen LogP contribution in [0.25, 0.3) is 10.9 Å². The largest absolute Gasteiger partial charge is 0.361 e. The van der Waals surface area contributed by atoms with Gasteiger partial charge in [0, 0.05) is 34.1 Å². The number of carbonyl (C=O) groups is 1. The highest BCUT2D eigenvalue weighted by Gasteiger charge is 2.11. The van der Waals surface area contributed by atoms with Crippen molar-refractivity contribution in [3.05, 3.63) is 106 Å². The van der Waals surface area contributed by atoms with E-state index in [1.165, 1.54) is 5.56 Å². The summed E-state index contributed by atoms with van der Waals surface area (Å²) in [6, 6.07) is 23.3. The molecule has 5 nitrogen and oxygen atoms in total. The number of nitrogens with one attached hydrogen (secondary N) is 1. The first-order chi connectivity index (χ1) is 14.7. The predicted molar refractivity (Wildman–Crippen MR) is 119 cm³/mol. The van der Waals surface area contributed by atoms with Gasteiger partial charge in [0.05, 0.1) is 0 Å². The normalized spacial score (nSPS) is 10.6. The summed E-state index contributed by atoms with van der Waals surface area (Å²) in [4.78, 5) is 19.2. The summed E-state index contributed by atoms with van der Waals surface area (Å²) in [6.07, 6.45) is 3.38. The van der Waals surface area contributed by atoms with Crippen LogP contribution < -0.4 is 4.91 Å². The average molecular weight is 416 g/mol. The molecule has 4 rings (SSSR count). The molecule has 0 fully saturated rings. The topological polar surface area (TPSA) is 71.7 Å². The molecule has 1 amide bonds. The van der Waals surface area contributed by atoms with Crippen LogP contribution in [-0.4, -0.2) is 17.4 Å². The minimum atomic E-state index is -0.396. The van der Waals surface area contributed by atoms with Crippen LogP contribution in [0.2, 0.25) is 5.02 Å². The second-order valence-electron chi connectivity index (χ2n) is 6.98.